The third-order valence-electron chi connectivity index (χ3n) is 9.07. The van der Waals surface area contributed by atoms with Gasteiger partial charge in [-0.2, -0.15) is 15.3 Å². The number of hydrogen-bond donors (Lipinski definition) is 5. The summed E-state index contributed by atoms with van der Waals surface area (Å²) in [5.41, 5.74) is 14.4. The van der Waals surface area contributed by atoms with Crippen LogP contribution in [-0.4, -0.2) is 67.8 Å². The standard InChI is InChI=1S/C39H29N9O12S3.3Na/c40-23-9-6-21-16-30(62(55,56)57)35(37(49)28(21)19-23)47-45-27-14-12-24(13-15-27)42-39(51)20-7-10-26(11-8-20)44-46-34-29(61(52,53)54)17-22-18-31(63(58,59)60)36(38(50)32(22)33(34)41)48-43-25-4-2-1-3-5-25;;;/h1-19,43,45H,40-41H2,(H,42,51)(H,52,53,54)(H,55,56,57)(H,58,59,60);;;/q;3*+1/p-3. The summed E-state index contributed by atoms with van der Waals surface area (Å²) in [6, 6.07) is 23.8. The maximum absolute atomic E-state index is 13.7. The summed E-state index contributed by atoms with van der Waals surface area (Å²) in [5, 5.41) is 18.1. The maximum Gasteiger partial charge on any atom is 1.00 e. The number of benzene rings is 5. The molecule has 0 radical (unpaired) electrons. The van der Waals surface area contributed by atoms with Crippen LogP contribution in [0.2, 0.25) is 0 Å². The number of allylic oxidation sites excluding steroid dienone is 2. The Hall–Kier alpha value is -4.74. The first-order valence-electron chi connectivity index (χ1n) is 17.6. The van der Waals surface area contributed by atoms with E-state index in [2.05, 4.69) is 36.6 Å². The van der Waals surface area contributed by atoms with E-state index in [0.717, 1.165) is 6.08 Å². The second-order valence-electron chi connectivity index (χ2n) is 13.3. The molecule has 2 aliphatic carbocycles. The Kier molecular flexibility index (Phi) is 17.5. The maximum atomic E-state index is 13.7. The van der Waals surface area contributed by atoms with E-state index < -0.39 is 96.5 Å². The smallest absolute Gasteiger partial charge is 0.744 e. The Bertz CT molecular complexity index is 3300. The number of carbonyl (C=O) groups excluding carboxylic acids is 3. The van der Waals surface area contributed by atoms with Crippen LogP contribution in [0.15, 0.2) is 138 Å². The fourth-order valence-electron chi connectivity index (χ4n) is 6.10. The number of anilines is 5. The summed E-state index contributed by atoms with van der Waals surface area (Å²) in [4.78, 5) is 36.8. The van der Waals surface area contributed by atoms with Crippen LogP contribution in [0.25, 0.3) is 12.2 Å². The average Bonchev–Trinajstić information content (AvgIpc) is 3.22. The molecule has 2 aliphatic rings. The van der Waals surface area contributed by atoms with Gasteiger partial charge in [-0.3, -0.25) is 25.2 Å². The van der Waals surface area contributed by atoms with Crippen molar-refractivity contribution >= 4 is 111 Å². The molecule has 0 saturated carbocycles. The molecule has 66 heavy (non-hydrogen) atoms. The Labute approximate surface area is 442 Å². The van der Waals surface area contributed by atoms with Crippen LogP contribution in [0.3, 0.4) is 0 Å². The number of carbonyl (C=O) groups is 3. The molecular formula is C39H26N9Na3O12S3. The van der Waals surface area contributed by atoms with Gasteiger partial charge in [-0.05, 0) is 102 Å². The number of nitrogens with zero attached hydrogens (tertiary/aromatic N) is 4. The van der Waals surface area contributed by atoms with Gasteiger partial charge in [-0.15, -0.1) is 5.11 Å². The summed E-state index contributed by atoms with van der Waals surface area (Å²) in [5.74, 6) is -2.66. The zero-order valence-electron chi connectivity index (χ0n) is 34.5. The molecular weight excluding hydrogens is 952 g/mol. The topological polar surface area (TPSA) is 360 Å². The van der Waals surface area contributed by atoms with Crippen molar-refractivity contribution in [2.45, 2.75) is 4.90 Å². The Balaban J connectivity index is 0.00000317. The van der Waals surface area contributed by atoms with E-state index in [9.17, 15) is 53.3 Å². The van der Waals surface area contributed by atoms with Crippen LogP contribution in [0.5, 0.6) is 0 Å². The van der Waals surface area contributed by atoms with Crippen molar-refractivity contribution in [3.63, 3.8) is 0 Å². The minimum absolute atomic E-state index is 0. The summed E-state index contributed by atoms with van der Waals surface area (Å²) in [6.07, 6.45) is 1.69. The third-order valence-corrected chi connectivity index (χ3v) is 11.6. The number of rotatable bonds is 11. The Morgan fingerprint density at radius 1 is 0.576 bits per heavy atom. The zero-order valence-corrected chi connectivity index (χ0v) is 43.0. The van der Waals surface area contributed by atoms with Crippen molar-refractivity contribution in [3.8, 4) is 0 Å². The van der Waals surface area contributed by atoms with Gasteiger partial charge in [0.2, 0.25) is 11.6 Å². The molecule has 7 rings (SSSR count). The summed E-state index contributed by atoms with van der Waals surface area (Å²) >= 11 is 0. The van der Waals surface area contributed by atoms with Gasteiger partial charge in [-0.25, -0.2) is 25.3 Å². The number of hydrogen-bond acceptors (Lipinski definition) is 20. The van der Waals surface area contributed by atoms with Crippen molar-refractivity contribution < 1.29 is 142 Å². The van der Waals surface area contributed by atoms with Crippen molar-refractivity contribution in [3.05, 3.63) is 141 Å². The zero-order chi connectivity index (χ0) is 45.4. The first kappa shape index (κ1) is 53.9. The number of nitrogens with one attached hydrogen (secondary N) is 3. The number of hydrazone groups is 2. The normalized spacial score (nSPS) is 14.7. The van der Waals surface area contributed by atoms with Gasteiger partial charge < -0.3 is 30.4 Å². The van der Waals surface area contributed by atoms with Crippen molar-refractivity contribution in [1.82, 2.24) is 0 Å². The van der Waals surface area contributed by atoms with E-state index in [4.69, 9.17) is 11.5 Å². The third kappa shape index (κ3) is 12.0. The SMILES string of the molecule is Nc1ccc2c(c1)C(=O)C(=NNc1ccc(NC(=O)c3ccc(N=Nc4c(S(=O)(=O)[O-])cc5c(c4N)C(=O)C(=NNc4ccccc4)C(S(=O)(=O)[O-])=C5)cc3)cc1)C(S(=O)(=O)[O-])=C2.[Na+].[Na+].[Na+]. The minimum atomic E-state index is -5.41. The van der Waals surface area contributed by atoms with Gasteiger partial charge in [0.1, 0.15) is 47.5 Å². The molecule has 7 N–H and O–H groups in total. The first-order valence-corrected chi connectivity index (χ1v) is 21.8. The van der Waals surface area contributed by atoms with Gasteiger partial charge >= 0.3 is 88.7 Å². The van der Waals surface area contributed by atoms with Crippen molar-refractivity contribution in [2.24, 2.45) is 20.4 Å². The molecule has 0 atom stereocenters. The van der Waals surface area contributed by atoms with Crippen molar-refractivity contribution in [2.75, 3.05) is 27.6 Å². The van der Waals surface area contributed by atoms with Gasteiger partial charge in [0, 0.05) is 22.5 Å². The number of nitrogen functional groups attached to an aromatic ring is 2. The number of azo groups is 1. The van der Waals surface area contributed by atoms with E-state index in [1.54, 1.807) is 18.2 Å². The number of fused-ring (bicyclic) bond motifs is 2. The molecule has 0 aliphatic heterocycles. The van der Waals surface area contributed by atoms with Gasteiger partial charge in [0.15, 0.2) is 0 Å². The van der Waals surface area contributed by atoms with Crippen molar-refractivity contribution in [1.29, 1.82) is 0 Å². The molecule has 0 fully saturated rings. The van der Waals surface area contributed by atoms with E-state index in [0.29, 0.717) is 17.8 Å². The molecule has 0 heterocycles. The molecule has 21 nitrogen and oxygen atoms in total. The number of nitrogens with two attached hydrogens (primary N) is 2. The van der Waals surface area contributed by atoms with E-state index >= 15 is 0 Å². The molecule has 0 saturated heterocycles. The number of para-hydroxylation sites is 1. The van der Waals surface area contributed by atoms with Gasteiger partial charge in [-0.1, -0.05) is 24.3 Å². The fourth-order valence-corrected chi connectivity index (χ4v) is 8.05. The molecule has 5 aromatic rings. The van der Waals surface area contributed by atoms with E-state index in [1.165, 1.54) is 78.9 Å². The first-order chi connectivity index (χ1) is 29.7. The van der Waals surface area contributed by atoms with E-state index in [-0.39, 0.29) is 128 Å². The van der Waals surface area contributed by atoms with Crippen LogP contribution in [0.4, 0.5) is 39.8 Å². The average molecular weight is 978 g/mol. The molecule has 0 unspecified atom stereocenters. The Morgan fingerprint density at radius 3 is 1.67 bits per heavy atom. The molecule has 320 valence electrons. The van der Waals surface area contributed by atoms with Crippen LogP contribution in [0.1, 0.15) is 42.2 Å². The molecule has 0 bridgehead atoms. The molecule has 27 heteroatoms. The van der Waals surface area contributed by atoms with Crippen LogP contribution in [0, 0.1) is 0 Å². The van der Waals surface area contributed by atoms with Gasteiger partial charge in [0.25, 0.3) is 5.91 Å². The largest absolute Gasteiger partial charge is 1.00 e. The Morgan fingerprint density at radius 2 is 1.11 bits per heavy atom. The second-order valence-corrected chi connectivity index (χ2v) is 17.3. The van der Waals surface area contributed by atoms with Crippen LogP contribution in [-0.2, 0) is 30.4 Å². The summed E-state index contributed by atoms with van der Waals surface area (Å²) in [6.45, 7) is 0. The van der Waals surface area contributed by atoms with Crippen LogP contribution >= 0.6 is 0 Å². The summed E-state index contributed by atoms with van der Waals surface area (Å²) < 4.78 is 109. The van der Waals surface area contributed by atoms with Crippen LogP contribution < -0.4 is 116 Å². The number of amides is 1. The van der Waals surface area contributed by atoms with Gasteiger partial charge in [0.05, 0.1) is 43.0 Å². The monoisotopic (exact) mass is 977 g/mol. The predicted octanol–water partition coefficient (Wildman–Crippen LogP) is -4.46. The number of ketones is 2. The predicted molar refractivity (Wildman–Crippen MR) is 227 cm³/mol. The molecule has 5 aromatic carbocycles. The van der Waals surface area contributed by atoms with E-state index in [1.807, 2.05) is 0 Å². The minimum Gasteiger partial charge on any atom is -0.744 e. The molecule has 1 amide bonds. The fraction of sp³-hybridized carbons (Fsp3) is 0. The molecule has 0 spiro atoms. The summed E-state index contributed by atoms with van der Waals surface area (Å²) in [7, 11) is -15.9. The quantitative estimate of drug-likeness (QED) is 0.0274. The second kappa shape index (κ2) is 21.5. The number of Topliss-reactive ketones (excluding diaryl/α,β-unsaturated/α-hetero) is 2. The molecule has 0 aromatic heterocycles.